The zero-order chi connectivity index (χ0) is 13.2. The molecule has 1 fully saturated rings. The Bertz CT molecular complexity index is 387. The molecule has 0 aliphatic heterocycles. The molecule has 18 heavy (non-hydrogen) atoms. The van der Waals surface area contributed by atoms with E-state index in [1.165, 1.54) is 12.8 Å². The van der Waals surface area contributed by atoms with E-state index in [9.17, 15) is 0 Å². The molecule has 2 rings (SSSR count). The lowest BCUT2D eigenvalue weighted by Crippen LogP contribution is -2.26. The molecular weight excluding hydrogens is 226 g/mol. The molecule has 2 N–H and O–H groups in total. The van der Waals surface area contributed by atoms with Gasteiger partial charge in [0.15, 0.2) is 5.82 Å². The molecule has 0 radical (unpaired) electrons. The highest BCUT2D eigenvalue weighted by molar-refractivity contribution is 5.28. The number of nitrogens with zero attached hydrogens (tertiary/aromatic N) is 2. The highest BCUT2D eigenvalue weighted by atomic mass is 16.5. The van der Waals surface area contributed by atoms with Crippen LogP contribution in [0.15, 0.2) is 6.07 Å². The molecule has 0 unspecified atom stereocenters. The lowest BCUT2D eigenvalue weighted by atomic mass is 9.76. The van der Waals surface area contributed by atoms with Crippen LogP contribution in [-0.2, 0) is 11.3 Å². The van der Waals surface area contributed by atoms with E-state index in [0.717, 1.165) is 18.5 Å². The summed E-state index contributed by atoms with van der Waals surface area (Å²) in [5, 5.41) is 0. The van der Waals surface area contributed by atoms with E-state index in [2.05, 4.69) is 23.8 Å². The lowest BCUT2D eigenvalue weighted by Gasteiger charge is -2.34. The van der Waals surface area contributed by atoms with Gasteiger partial charge in [-0.05, 0) is 38.0 Å². The number of aryl methyl sites for hydroxylation is 1. The second kappa shape index (κ2) is 5.22. The standard InChI is InChI=1S/C14H23N3O/c1-10-8-12(15)17-13(16-10)9-18-11-4-6-14(2,3)7-5-11/h8,11H,4-7,9H2,1-3H3,(H2,15,16,17). The monoisotopic (exact) mass is 249 g/mol. The first-order chi connectivity index (χ1) is 8.44. The summed E-state index contributed by atoms with van der Waals surface area (Å²) < 4.78 is 5.89. The van der Waals surface area contributed by atoms with Crippen molar-refractivity contribution in [1.82, 2.24) is 9.97 Å². The van der Waals surface area contributed by atoms with Crippen LogP contribution in [0.1, 0.15) is 51.0 Å². The molecule has 1 heterocycles. The van der Waals surface area contributed by atoms with Gasteiger partial charge in [0.1, 0.15) is 12.4 Å². The lowest BCUT2D eigenvalue weighted by molar-refractivity contribution is -0.00829. The summed E-state index contributed by atoms with van der Waals surface area (Å²) in [6.45, 7) is 7.04. The summed E-state index contributed by atoms with van der Waals surface area (Å²) in [4.78, 5) is 8.52. The fraction of sp³-hybridized carbons (Fsp3) is 0.714. The van der Waals surface area contributed by atoms with Crippen LogP contribution in [0.5, 0.6) is 0 Å². The summed E-state index contributed by atoms with van der Waals surface area (Å²) in [7, 11) is 0. The quantitative estimate of drug-likeness (QED) is 0.894. The molecule has 1 saturated carbocycles. The molecule has 0 spiro atoms. The van der Waals surface area contributed by atoms with Gasteiger partial charge < -0.3 is 10.5 Å². The van der Waals surface area contributed by atoms with E-state index in [1.54, 1.807) is 6.07 Å². The van der Waals surface area contributed by atoms with Gasteiger partial charge in [-0.3, -0.25) is 0 Å². The summed E-state index contributed by atoms with van der Waals surface area (Å²) in [6.07, 6.45) is 5.08. The molecule has 4 heteroatoms. The second-order valence-corrected chi connectivity index (χ2v) is 6.02. The number of aromatic nitrogens is 2. The van der Waals surface area contributed by atoms with Gasteiger partial charge in [0.25, 0.3) is 0 Å². The van der Waals surface area contributed by atoms with E-state index in [4.69, 9.17) is 10.5 Å². The number of ether oxygens (including phenoxy) is 1. The van der Waals surface area contributed by atoms with Gasteiger partial charge in [-0.15, -0.1) is 0 Å². The number of hydrogen-bond acceptors (Lipinski definition) is 4. The van der Waals surface area contributed by atoms with Crippen LogP contribution in [-0.4, -0.2) is 16.1 Å². The van der Waals surface area contributed by atoms with E-state index in [0.29, 0.717) is 29.8 Å². The summed E-state index contributed by atoms with van der Waals surface area (Å²) in [5.41, 5.74) is 7.07. The Labute approximate surface area is 109 Å². The predicted molar refractivity (Wildman–Crippen MR) is 72.0 cm³/mol. The minimum Gasteiger partial charge on any atom is -0.384 e. The minimum atomic E-state index is 0.350. The molecular formula is C14H23N3O. The summed E-state index contributed by atoms with van der Waals surface area (Å²) in [5.74, 6) is 1.21. The molecule has 0 atom stereocenters. The molecule has 0 amide bonds. The first-order valence-corrected chi connectivity index (χ1v) is 6.66. The Morgan fingerprint density at radius 1 is 1.33 bits per heavy atom. The van der Waals surface area contributed by atoms with Gasteiger partial charge in [-0.25, -0.2) is 9.97 Å². The van der Waals surface area contributed by atoms with E-state index in [-0.39, 0.29) is 0 Å². The topological polar surface area (TPSA) is 61.0 Å². The molecule has 4 nitrogen and oxygen atoms in total. The minimum absolute atomic E-state index is 0.350. The number of hydrogen-bond donors (Lipinski definition) is 1. The van der Waals surface area contributed by atoms with Crippen molar-refractivity contribution in [1.29, 1.82) is 0 Å². The van der Waals surface area contributed by atoms with Gasteiger partial charge in [0.2, 0.25) is 0 Å². The van der Waals surface area contributed by atoms with Crippen LogP contribution in [0.4, 0.5) is 5.82 Å². The first-order valence-electron chi connectivity index (χ1n) is 6.66. The highest BCUT2D eigenvalue weighted by Crippen LogP contribution is 2.36. The van der Waals surface area contributed by atoms with Crippen LogP contribution in [0.25, 0.3) is 0 Å². The summed E-state index contributed by atoms with van der Waals surface area (Å²) in [6, 6.07) is 1.77. The molecule has 0 saturated heterocycles. The Morgan fingerprint density at radius 2 is 2.00 bits per heavy atom. The molecule has 1 aliphatic rings. The Morgan fingerprint density at radius 3 is 2.61 bits per heavy atom. The van der Waals surface area contributed by atoms with Gasteiger partial charge >= 0.3 is 0 Å². The molecule has 100 valence electrons. The first kappa shape index (κ1) is 13.3. The molecule has 0 bridgehead atoms. The normalized spacial score (nSPS) is 19.9. The van der Waals surface area contributed by atoms with Gasteiger partial charge in [0.05, 0.1) is 6.10 Å². The van der Waals surface area contributed by atoms with Crippen molar-refractivity contribution in [3.8, 4) is 0 Å². The van der Waals surface area contributed by atoms with Crippen LogP contribution in [0.3, 0.4) is 0 Å². The van der Waals surface area contributed by atoms with Crippen molar-refractivity contribution >= 4 is 5.82 Å². The van der Waals surface area contributed by atoms with Crippen molar-refractivity contribution in [3.63, 3.8) is 0 Å². The smallest absolute Gasteiger partial charge is 0.156 e. The Hall–Kier alpha value is -1.16. The van der Waals surface area contributed by atoms with Crippen LogP contribution < -0.4 is 5.73 Å². The van der Waals surface area contributed by atoms with Crippen molar-refractivity contribution < 1.29 is 4.74 Å². The van der Waals surface area contributed by atoms with Crippen LogP contribution in [0, 0.1) is 12.3 Å². The third-order valence-corrected chi connectivity index (χ3v) is 3.65. The molecule has 1 aromatic rings. The fourth-order valence-corrected chi connectivity index (χ4v) is 2.45. The van der Waals surface area contributed by atoms with Crippen LogP contribution >= 0.6 is 0 Å². The number of nitrogens with two attached hydrogens (primary N) is 1. The molecule has 1 aromatic heterocycles. The third-order valence-electron chi connectivity index (χ3n) is 3.65. The Kier molecular flexibility index (Phi) is 3.85. The third kappa shape index (κ3) is 3.67. The fourth-order valence-electron chi connectivity index (χ4n) is 2.45. The van der Waals surface area contributed by atoms with Crippen LogP contribution in [0.2, 0.25) is 0 Å². The van der Waals surface area contributed by atoms with E-state index >= 15 is 0 Å². The predicted octanol–water partition coefficient (Wildman–Crippen LogP) is 2.85. The van der Waals surface area contributed by atoms with Crippen molar-refractivity contribution in [2.75, 3.05) is 5.73 Å². The number of anilines is 1. The van der Waals surface area contributed by atoms with Crippen molar-refractivity contribution in [2.45, 2.75) is 59.2 Å². The maximum atomic E-state index is 5.89. The maximum absolute atomic E-state index is 5.89. The zero-order valence-corrected chi connectivity index (χ0v) is 11.6. The molecule has 1 aliphatic carbocycles. The van der Waals surface area contributed by atoms with Gasteiger partial charge in [-0.1, -0.05) is 13.8 Å². The van der Waals surface area contributed by atoms with E-state index < -0.39 is 0 Å². The average molecular weight is 249 g/mol. The van der Waals surface area contributed by atoms with E-state index in [1.807, 2.05) is 6.92 Å². The SMILES string of the molecule is Cc1cc(N)nc(COC2CCC(C)(C)CC2)n1. The summed E-state index contributed by atoms with van der Waals surface area (Å²) >= 11 is 0. The zero-order valence-electron chi connectivity index (χ0n) is 11.6. The van der Waals surface area contributed by atoms with Gasteiger partial charge in [0, 0.05) is 11.8 Å². The number of rotatable bonds is 3. The van der Waals surface area contributed by atoms with Crippen molar-refractivity contribution in [2.24, 2.45) is 5.41 Å². The number of nitrogen functional groups attached to an aromatic ring is 1. The van der Waals surface area contributed by atoms with Gasteiger partial charge in [-0.2, -0.15) is 0 Å². The maximum Gasteiger partial charge on any atom is 0.156 e. The van der Waals surface area contributed by atoms with Crippen molar-refractivity contribution in [3.05, 3.63) is 17.6 Å². The second-order valence-electron chi connectivity index (χ2n) is 6.02. The highest BCUT2D eigenvalue weighted by Gasteiger charge is 2.27. The average Bonchev–Trinajstić information content (AvgIpc) is 2.26. The largest absolute Gasteiger partial charge is 0.384 e. The Balaban J connectivity index is 1.85. The molecule has 0 aromatic carbocycles.